The van der Waals surface area contributed by atoms with E-state index in [4.69, 9.17) is 16.3 Å². The van der Waals surface area contributed by atoms with Gasteiger partial charge in [0.05, 0.1) is 10.6 Å². The maximum atomic E-state index is 12.7. The van der Waals surface area contributed by atoms with Gasteiger partial charge in [-0.05, 0) is 99.3 Å². The van der Waals surface area contributed by atoms with Crippen LogP contribution in [0.25, 0.3) is 0 Å². The third-order valence-electron chi connectivity index (χ3n) is 5.38. The van der Waals surface area contributed by atoms with Crippen LogP contribution in [0.3, 0.4) is 0 Å². The van der Waals surface area contributed by atoms with Gasteiger partial charge in [0.15, 0.2) is 6.10 Å². The molecule has 33 heavy (non-hydrogen) atoms. The minimum absolute atomic E-state index is 0.0648. The highest BCUT2D eigenvalue weighted by atomic mass is 35.5. The summed E-state index contributed by atoms with van der Waals surface area (Å²) in [5, 5.41) is 3.23. The number of sulfonamides is 1. The van der Waals surface area contributed by atoms with Crippen LogP contribution in [0.2, 0.25) is 5.02 Å². The van der Waals surface area contributed by atoms with Crippen LogP contribution in [-0.4, -0.2) is 20.4 Å². The molecule has 0 radical (unpaired) electrons. The maximum Gasteiger partial charge on any atom is 0.265 e. The number of hydrogen-bond donors (Lipinski definition) is 2. The summed E-state index contributed by atoms with van der Waals surface area (Å²) in [6, 6.07) is 14.9. The molecule has 8 heteroatoms. The van der Waals surface area contributed by atoms with E-state index in [0.717, 1.165) is 16.7 Å². The zero-order chi connectivity index (χ0) is 24.3. The van der Waals surface area contributed by atoms with E-state index in [-0.39, 0.29) is 10.8 Å². The Bertz CT molecular complexity index is 1290. The Morgan fingerprint density at radius 1 is 0.970 bits per heavy atom. The zero-order valence-corrected chi connectivity index (χ0v) is 20.8. The van der Waals surface area contributed by atoms with Crippen LogP contribution in [0.4, 0.5) is 11.4 Å². The topological polar surface area (TPSA) is 84.5 Å². The van der Waals surface area contributed by atoms with Crippen LogP contribution >= 0.6 is 11.6 Å². The molecule has 0 aliphatic rings. The van der Waals surface area contributed by atoms with Gasteiger partial charge < -0.3 is 10.1 Å². The molecule has 0 fully saturated rings. The molecular formula is C25H27ClN2O4S. The highest BCUT2D eigenvalue weighted by molar-refractivity contribution is 7.92. The van der Waals surface area contributed by atoms with E-state index in [1.54, 1.807) is 32.0 Å². The van der Waals surface area contributed by atoms with Crippen molar-refractivity contribution >= 4 is 38.9 Å². The van der Waals surface area contributed by atoms with Gasteiger partial charge in [0, 0.05) is 10.7 Å². The third kappa shape index (κ3) is 5.86. The lowest BCUT2D eigenvalue weighted by Gasteiger charge is -2.18. The number of benzene rings is 3. The largest absolute Gasteiger partial charge is 0.481 e. The van der Waals surface area contributed by atoms with E-state index in [0.29, 0.717) is 27.7 Å². The molecule has 0 aromatic heterocycles. The monoisotopic (exact) mass is 486 g/mol. The van der Waals surface area contributed by atoms with E-state index in [1.165, 1.54) is 24.3 Å². The van der Waals surface area contributed by atoms with E-state index in [9.17, 15) is 13.2 Å². The SMILES string of the molecule is Cc1cc(C)c(C)c(O[C@H](C)C(=O)Nc2ccc(S(=O)(=O)Nc3cccc(Cl)c3C)cc2)c1. The van der Waals surface area contributed by atoms with Crippen molar-refractivity contribution in [3.63, 3.8) is 0 Å². The Labute approximate surface area is 200 Å². The molecule has 1 atom stereocenters. The number of hydrogen-bond acceptors (Lipinski definition) is 4. The Kier molecular flexibility index (Phi) is 7.34. The van der Waals surface area contributed by atoms with E-state index < -0.39 is 16.1 Å². The first kappa shape index (κ1) is 24.6. The number of rotatable bonds is 7. The summed E-state index contributed by atoms with van der Waals surface area (Å²) in [7, 11) is -3.81. The molecule has 3 rings (SSSR count). The fraction of sp³-hybridized carbons (Fsp3) is 0.240. The van der Waals surface area contributed by atoms with Crippen molar-refractivity contribution in [2.75, 3.05) is 10.0 Å². The minimum atomic E-state index is -3.81. The molecule has 0 heterocycles. The number of halogens is 1. The van der Waals surface area contributed by atoms with Crippen molar-refractivity contribution in [3.8, 4) is 5.75 Å². The molecule has 2 N–H and O–H groups in total. The summed E-state index contributed by atoms with van der Waals surface area (Å²) < 4.78 is 33.9. The van der Waals surface area contributed by atoms with E-state index in [1.807, 2.05) is 26.8 Å². The van der Waals surface area contributed by atoms with Gasteiger partial charge in [-0.3, -0.25) is 9.52 Å². The summed E-state index contributed by atoms with van der Waals surface area (Å²) in [5.41, 5.74) is 4.64. The molecule has 0 unspecified atom stereocenters. The zero-order valence-electron chi connectivity index (χ0n) is 19.2. The van der Waals surface area contributed by atoms with Crippen LogP contribution in [0, 0.1) is 27.7 Å². The van der Waals surface area contributed by atoms with Crippen LogP contribution in [0.15, 0.2) is 59.5 Å². The van der Waals surface area contributed by atoms with Crippen molar-refractivity contribution in [2.24, 2.45) is 0 Å². The van der Waals surface area contributed by atoms with Gasteiger partial charge in [0.25, 0.3) is 15.9 Å². The summed E-state index contributed by atoms with van der Waals surface area (Å²) in [6.07, 6.45) is -0.735. The van der Waals surface area contributed by atoms with Crippen LogP contribution < -0.4 is 14.8 Å². The minimum Gasteiger partial charge on any atom is -0.481 e. The van der Waals surface area contributed by atoms with Crippen molar-refractivity contribution < 1.29 is 17.9 Å². The first-order valence-corrected chi connectivity index (χ1v) is 12.3. The van der Waals surface area contributed by atoms with Gasteiger partial charge in [-0.25, -0.2) is 8.42 Å². The highest BCUT2D eigenvalue weighted by Crippen LogP contribution is 2.27. The molecule has 0 spiro atoms. The van der Waals surface area contributed by atoms with E-state index >= 15 is 0 Å². The number of anilines is 2. The lowest BCUT2D eigenvalue weighted by Crippen LogP contribution is -2.30. The molecule has 0 saturated heterocycles. The molecule has 0 aliphatic heterocycles. The van der Waals surface area contributed by atoms with Crippen molar-refractivity contribution in [3.05, 3.63) is 81.9 Å². The highest BCUT2D eigenvalue weighted by Gasteiger charge is 2.19. The normalized spacial score (nSPS) is 12.2. The van der Waals surface area contributed by atoms with E-state index in [2.05, 4.69) is 16.1 Å². The molecule has 1 amide bonds. The smallest absolute Gasteiger partial charge is 0.265 e. The Balaban J connectivity index is 1.68. The van der Waals surface area contributed by atoms with Crippen molar-refractivity contribution in [1.29, 1.82) is 0 Å². The van der Waals surface area contributed by atoms with Crippen LogP contribution in [-0.2, 0) is 14.8 Å². The standard InChI is InChI=1S/C25H27ClN2O4S/c1-15-13-16(2)17(3)24(14-15)32-19(5)25(29)27-20-9-11-21(12-10-20)33(30,31)28-23-8-6-7-22(26)18(23)4/h6-14,19,28H,1-5H3,(H,27,29)/t19-/m1/s1. The summed E-state index contributed by atoms with van der Waals surface area (Å²) in [4.78, 5) is 12.7. The number of carbonyl (C=O) groups excluding carboxylic acids is 1. The van der Waals surface area contributed by atoms with Crippen LogP contribution in [0.5, 0.6) is 5.75 Å². The van der Waals surface area contributed by atoms with Crippen LogP contribution in [0.1, 0.15) is 29.2 Å². The average molecular weight is 487 g/mol. The second-order valence-electron chi connectivity index (χ2n) is 8.00. The van der Waals surface area contributed by atoms with Gasteiger partial charge in [-0.2, -0.15) is 0 Å². The Hall–Kier alpha value is -3.03. The summed E-state index contributed by atoms with van der Waals surface area (Å²) in [5.74, 6) is 0.329. The Morgan fingerprint density at radius 3 is 2.30 bits per heavy atom. The number of nitrogens with one attached hydrogen (secondary N) is 2. The van der Waals surface area contributed by atoms with Crippen molar-refractivity contribution in [1.82, 2.24) is 0 Å². The van der Waals surface area contributed by atoms with Gasteiger partial charge in [0.2, 0.25) is 0 Å². The van der Waals surface area contributed by atoms with Gasteiger partial charge in [0.1, 0.15) is 5.75 Å². The number of ether oxygens (including phenoxy) is 1. The molecular weight excluding hydrogens is 460 g/mol. The summed E-state index contributed by atoms with van der Waals surface area (Å²) >= 11 is 6.07. The molecule has 0 aliphatic carbocycles. The second kappa shape index (κ2) is 9.85. The first-order valence-electron chi connectivity index (χ1n) is 10.4. The predicted molar refractivity (Wildman–Crippen MR) is 133 cm³/mol. The summed E-state index contributed by atoms with van der Waals surface area (Å²) in [6.45, 7) is 9.33. The number of aryl methyl sites for hydroxylation is 2. The lowest BCUT2D eigenvalue weighted by molar-refractivity contribution is -0.122. The molecule has 0 saturated carbocycles. The lowest BCUT2D eigenvalue weighted by atomic mass is 10.1. The number of amides is 1. The molecule has 3 aromatic carbocycles. The third-order valence-corrected chi connectivity index (χ3v) is 7.17. The first-order chi connectivity index (χ1) is 15.5. The second-order valence-corrected chi connectivity index (χ2v) is 10.1. The molecule has 0 bridgehead atoms. The van der Waals surface area contributed by atoms with Crippen molar-refractivity contribution in [2.45, 2.75) is 45.6 Å². The maximum absolute atomic E-state index is 12.7. The predicted octanol–water partition coefficient (Wildman–Crippen LogP) is 5.78. The quantitative estimate of drug-likeness (QED) is 0.443. The van der Waals surface area contributed by atoms with Gasteiger partial charge in [-0.15, -0.1) is 0 Å². The van der Waals surface area contributed by atoms with Gasteiger partial charge in [-0.1, -0.05) is 23.7 Å². The molecule has 6 nitrogen and oxygen atoms in total. The average Bonchev–Trinajstić information content (AvgIpc) is 2.75. The fourth-order valence-electron chi connectivity index (χ4n) is 3.25. The number of carbonyl (C=O) groups is 1. The fourth-order valence-corrected chi connectivity index (χ4v) is 4.55. The molecule has 3 aromatic rings. The molecule has 174 valence electrons. The Morgan fingerprint density at radius 2 is 1.64 bits per heavy atom. The van der Waals surface area contributed by atoms with Gasteiger partial charge >= 0.3 is 0 Å².